The van der Waals surface area contributed by atoms with Crippen molar-refractivity contribution in [1.82, 2.24) is 0 Å². The van der Waals surface area contributed by atoms with E-state index in [-0.39, 0.29) is 10.7 Å². The number of nitro groups is 1. The van der Waals surface area contributed by atoms with Gasteiger partial charge in [-0.3, -0.25) is 15.5 Å². The first-order chi connectivity index (χ1) is 9.97. The Hall–Kier alpha value is -2.40. The number of rotatable bonds is 4. The molecule has 0 bridgehead atoms. The Labute approximate surface area is 127 Å². The third-order valence-electron chi connectivity index (χ3n) is 3.08. The molecule has 0 spiro atoms. The molecule has 0 aromatic heterocycles. The van der Waals surface area contributed by atoms with Gasteiger partial charge in [-0.05, 0) is 43.2 Å². The van der Waals surface area contributed by atoms with E-state index in [2.05, 4.69) is 10.5 Å². The first kappa shape index (κ1) is 15.0. The molecule has 0 aliphatic carbocycles. The van der Waals surface area contributed by atoms with Gasteiger partial charge < -0.3 is 0 Å². The highest BCUT2D eigenvalue weighted by atomic mass is 35.5. The van der Waals surface area contributed by atoms with Crippen LogP contribution in [0, 0.1) is 24.0 Å². The summed E-state index contributed by atoms with van der Waals surface area (Å²) in [6.45, 7) is 4.06. The van der Waals surface area contributed by atoms with Crippen LogP contribution in [0.1, 0.15) is 16.7 Å². The quantitative estimate of drug-likeness (QED) is 0.520. The number of nitro benzene ring substituents is 1. The zero-order valence-electron chi connectivity index (χ0n) is 11.6. The lowest BCUT2D eigenvalue weighted by atomic mass is 10.1. The summed E-state index contributed by atoms with van der Waals surface area (Å²) < 4.78 is 0. The molecule has 108 valence electrons. The number of hydrogen-bond donors (Lipinski definition) is 1. The predicted octanol–water partition coefficient (Wildman–Crippen LogP) is 4.31. The van der Waals surface area contributed by atoms with Gasteiger partial charge in [0, 0.05) is 11.6 Å². The number of benzene rings is 2. The molecule has 0 saturated heterocycles. The highest BCUT2D eigenvalue weighted by Gasteiger charge is 2.11. The Morgan fingerprint density at radius 2 is 1.95 bits per heavy atom. The average molecular weight is 304 g/mol. The van der Waals surface area contributed by atoms with E-state index in [1.54, 1.807) is 6.07 Å². The van der Waals surface area contributed by atoms with Crippen LogP contribution in [0.2, 0.25) is 5.02 Å². The zero-order valence-corrected chi connectivity index (χ0v) is 12.4. The topological polar surface area (TPSA) is 67.5 Å². The number of anilines is 1. The molecule has 21 heavy (non-hydrogen) atoms. The summed E-state index contributed by atoms with van der Waals surface area (Å²) in [4.78, 5) is 10.3. The van der Waals surface area contributed by atoms with E-state index in [9.17, 15) is 10.1 Å². The van der Waals surface area contributed by atoms with E-state index in [0.29, 0.717) is 5.56 Å². The van der Waals surface area contributed by atoms with Crippen molar-refractivity contribution < 1.29 is 4.92 Å². The Morgan fingerprint density at radius 1 is 1.19 bits per heavy atom. The zero-order chi connectivity index (χ0) is 15.4. The summed E-state index contributed by atoms with van der Waals surface area (Å²) in [5.74, 6) is 0. The van der Waals surface area contributed by atoms with Crippen LogP contribution in [-0.4, -0.2) is 11.1 Å². The van der Waals surface area contributed by atoms with Gasteiger partial charge in [-0.2, -0.15) is 5.10 Å². The lowest BCUT2D eigenvalue weighted by molar-refractivity contribution is -0.384. The second kappa shape index (κ2) is 6.37. The minimum absolute atomic E-state index is 0.110. The van der Waals surface area contributed by atoms with Gasteiger partial charge in [-0.15, -0.1) is 0 Å². The second-order valence-electron chi connectivity index (χ2n) is 4.64. The van der Waals surface area contributed by atoms with Gasteiger partial charge in [0.1, 0.15) is 5.02 Å². The maximum absolute atomic E-state index is 10.8. The molecule has 2 aromatic carbocycles. The second-order valence-corrected chi connectivity index (χ2v) is 5.04. The molecule has 0 atom stereocenters. The molecule has 5 nitrogen and oxygen atoms in total. The summed E-state index contributed by atoms with van der Waals surface area (Å²) in [5, 5.41) is 15.0. The fraction of sp³-hybridized carbons (Fsp3) is 0.133. The maximum Gasteiger partial charge on any atom is 0.288 e. The standard InChI is InChI=1S/C15H14ClN3O2/c1-10-3-5-13(7-11(10)2)18-17-9-12-4-6-14(16)15(8-12)19(20)21/h3-9,18H,1-2H3/b17-9+. The van der Waals surface area contributed by atoms with Gasteiger partial charge in [0.25, 0.3) is 5.69 Å². The summed E-state index contributed by atoms with van der Waals surface area (Å²) in [5.41, 5.74) is 6.59. The van der Waals surface area contributed by atoms with Crippen molar-refractivity contribution in [2.45, 2.75) is 13.8 Å². The molecule has 1 N–H and O–H groups in total. The molecular formula is C15H14ClN3O2. The van der Waals surface area contributed by atoms with Crippen molar-refractivity contribution >= 4 is 29.2 Å². The van der Waals surface area contributed by atoms with Gasteiger partial charge in [0.2, 0.25) is 0 Å². The van der Waals surface area contributed by atoms with E-state index in [0.717, 1.165) is 11.3 Å². The van der Waals surface area contributed by atoms with Crippen LogP contribution in [0.25, 0.3) is 0 Å². The maximum atomic E-state index is 10.8. The van der Waals surface area contributed by atoms with E-state index in [1.807, 2.05) is 32.0 Å². The number of hydrazone groups is 1. The summed E-state index contributed by atoms with van der Waals surface area (Å²) in [6.07, 6.45) is 1.51. The van der Waals surface area contributed by atoms with Crippen LogP contribution in [0.3, 0.4) is 0 Å². The van der Waals surface area contributed by atoms with E-state index in [4.69, 9.17) is 11.6 Å². The Kier molecular flexibility index (Phi) is 4.55. The summed E-state index contributed by atoms with van der Waals surface area (Å²) in [7, 11) is 0. The van der Waals surface area contributed by atoms with E-state index < -0.39 is 4.92 Å². The molecule has 0 aliphatic heterocycles. The summed E-state index contributed by atoms with van der Waals surface area (Å²) in [6, 6.07) is 10.4. The monoisotopic (exact) mass is 303 g/mol. The van der Waals surface area contributed by atoms with Crippen molar-refractivity contribution in [3.8, 4) is 0 Å². The number of aryl methyl sites for hydroxylation is 2. The Bertz CT molecular complexity index is 714. The van der Waals surface area contributed by atoms with Gasteiger partial charge in [-0.25, -0.2) is 0 Å². The molecule has 0 saturated carbocycles. The van der Waals surface area contributed by atoms with Crippen molar-refractivity contribution in [3.05, 3.63) is 68.2 Å². The molecule has 0 amide bonds. The molecule has 0 heterocycles. The highest BCUT2D eigenvalue weighted by molar-refractivity contribution is 6.32. The molecule has 6 heteroatoms. The molecule has 2 rings (SSSR count). The minimum Gasteiger partial charge on any atom is -0.278 e. The summed E-state index contributed by atoms with van der Waals surface area (Å²) >= 11 is 5.75. The first-order valence-corrected chi connectivity index (χ1v) is 6.65. The smallest absolute Gasteiger partial charge is 0.278 e. The largest absolute Gasteiger partial charge is 0.288 e. The van der Waals surface area contributed by atoms with Crippen LogP contribution in [0.5, 0.6) is 0 Å². The SMILES string of the molecule is Cc1ccc(N/N=C/c2ccc(Cl)c([N+](=O)[O-])c2)cc1C. The number of hydrogen-bond acceptors (Lipinski definition) is 4. The van der Waals surface area contributed by atoms with Crippen LogP contribution in [0.15, 0.2) is 41.5 Å². The lowest BCUT2D eigenvalue weighted by Crippen LogP contribution is -1.94. The fourth-order valence-electron chi connectivity index (χ4n) is 1.74. The van der Waals surface area contributed by atoms with Crippen molar-refractivity contribution in [2.75, 3.05) is 5.43 Å². The minimum atomic E-state index is -0.517. The Balaban J connectivity index is 2.12. The van der Waals surface area contributed by atoms with Crippen molar-refractivity contribution in [3.63, 3.8) is 0 Å². The highest BCUT2D eigenvalue weighted by Crippen LogP contribution is 2.24. The van der Waals surface area contributed by atoms with Crippen molar-refractivity contribution in [2.24, 2.45) is 5.10 Å². The van der Waals surface area contributed by atoms with Crippen LogP contribution < -0.4 is 5.43 Å². The fourth-order valence-corrected chi connectivity index (χ4v) is 1.93. The van der Waals surface area contributed by atoms with Gasteiger partial charge >= 0.3 is 0 Å². The molecule has 0 fully saturated rings. The number of halogens is 1. The van der Waals surface area contributed by atoms with Crippen LogP contribution >= 0.6 is 11.6 Å². The third-order valence-corrected chi connectivity index (χ3v) is 3.40. The van der Waals surface area contributed by atoms with Gasteiger partial charge in [0.15, 0.2) is 0 Å². The Morgan fingerprint density at radius 3 is 2.62 bits per heavy atom. The van der Waals surface area contributed by atoms with Crippen molar-refractivity contribution in [1.29, 1.82) is 0 Å². The molecular weight excluding hydrogens is 290 g/mol. The normalized spacial score (nSPS) is 10.8. The van der Waals surface area contributed by atoms with Crippen LogP contribution in [-0.2, 0) is 0 Å². The molecule has 0 aliphatic rings. The number of nitrogens with one attached hydrogen (secondary N) is 1. The molecule has 0 unspecified atom stereocenters. The van der Waals surface area contributed by atoms with Gasteiger partial charge in [0.05, 0.1) is 16.8 Å². The molecule has 2 aromatic rings. The van der Waals surface area contributed by atoms with E-state index >= 15 is 0 Å². The van der Waals surface area contributed by atoms with E-state index in [1.165, 1.54) is 23.9 Å². The molecule has 0 radical (unpaired) electrons. The third kappa shape index (κ3) is 3.79. The number of nitrogens with zero attached hydrogens (tertiary/aromatic N) is 2. The average Bonchev–Trinajstić information content (AvgIpc) is 2.44. The lowest BCUT2D eigenvalue weighted by Gasteiger charge is -2.04. The van der Waals surface area contributed by atoms with Crippen LogP contribution in [0.4, 0.5) is 11.4 Å². The van der Waals surface area contributed by atoms with Gasteiger partial charge in [-0.1, -0.05) is 23.7 Å². The first-order valence-electron chi connectivity index (χ1n) is 6.27. The predicted molar refractivity (Wildman–Crippen MR) is 85.2 cm³/mol.